The van der Waals surface area contributed by atoms with Gasteiger partial charge in [-0.2, -0.15) is 0 Å². The fraction of sp³-hybridized carbons (Fsp3) is 0.769. The molecule has 0 spiro atoms. The molecule has 1 aromatic rings. The zero-order valence-electron chi connectivity index (χ0n) is 10.3. The number of hydrogen-bond acceptors (Lipinski definition) is 3. The molecule has 0 radical (unpaired) electrons. The topological polar surface area (TPSA) is 24.9 Å². The third-order valence-electron chi connectivity index (χ3n) is 3.72. The maximum absolute atomic E-state index is 4.55. The lowest BCUT2D eigenvalue weighted by molar-refractivity contribution is 0.292. The summed E-state index contributed by atoms with van der Waals surface area (Å²) in [5.41, 5.74) is 0.174. The van der Waals surface area contributed by atoms with Crippen LogP contribution in [0, 0.1) is 5.92 Å². The summed E-state index contributed by atoms with van der Waals surface area (Å²) in [6.07, 6.45) is 8.46. The van der Waals surface area contributed by atoms with E-state index < -0.39 is 0 Å². The summed E-state index contributed by atoms with van der Waals surface area (Å²) in [6, 6.07) is 0. The first-order chi connectivity index (χ1) is 7.77. The molecular weight excluding hydrogens is 216 g/mol. The van der Waals surface area contributed by atoms with Gasteiger partial charge in [0.15, 0.2) is 0 Å². The molecule has 1 aliphatic carbocycles. The molecule has 1 heterocycles. The second-order valence-corrected chi connectivity index (χ2v) is 5.88. The van der Waals surface area contributed by atoms with Crippen LogP contribution in [0.25, 0.3) is 0 Å². The minimum Gasteiger partial charge on any atom is -0.306 e. The van der Waals surface area contributed by atoms with Crippen LogP contribution in [-0.4, -0.2) is 11.5 Å². The molecule has 2 nitrogen and oxygen atoms in total. The first-order valence-corrected chi connectivity index (χ1v) is 7.30. The highest BCUT2D eigenvalue weighted by molar-refractivity contribution is 7.09. The highest BCUT2D eigenvalue weighted by Crippen LogP contribution is 2.38. The number of nitrogens with zero attached hydrogens (tertiary/aromatic N) is 1. The molecule has 0 bridgehead atoms. The molecule has 1 saturated carbocycles. The van der Waals surface area contributed by atoms with E-state index in [1.807, 2.05) is 6.20 Å². The fourth-order valence-corrected chi connectivity index (χ4v) is 3.65. The first kappa shape index (κ1) is 12.1. The second-order valence-electron chi connectivity index (χ2n) is 4.99. The van der Waals surface area contributed by atoms with E-state index in [2.05, 4.69) is 29.5 Å². The molecule has 3 heteroatoms. The van der Waals surface area contributed by atoms with E-state index in [-0.39, 0.29) is 5.54 Å². The summed E-state index contributed by atoms with van der Waals surface area (Å²) in [5, 5.41) is 7.10. The van der Waals surface area contributed by atoms with E-state index in [4.69, 9.17) is 0 Å². The first-order valence-electron chi connectivity index (χ1n) is 6.42. The monoisotopic (exact) mass is 238 g/mol. The van der Waals surface area contributed by atoms with Crippen molar-refractivity contribution >= 4 is 11.3 Å². The van der Waals surface area contributed by atoms with Gasteiger partial charge in [0, 0.05) is 11.6 Å². The second kappa shape index (κ2) is 5.28. The van der Waals surface area contributed by atoms with Crippen molar-refractivity contribution in [3.8, 4) is 0 Å². The summed E-state index contributed by atoms with van der Waals surface area (Å²) < 4.78 is 0. The van der Waals surface area contributed by atoms with E-state index in [0.29, 0.717) is 0 Å². The molecule has 0 aliphatic heterocycles. The molecule has 2 unspecified atom stereocenters. The fourth-order valence-electron chi connectivity index (χ4n) is 2.78. The van der Waals surface area contributed by atoms with Crippen LogP contribution in [-0.2, 0) is 5.54 Å². The summed E-state index contributed by atoms with van der Waals surface area (Å²) in [4.78, 5) is 4.55. The van der Waals surface area contributed by atoms with Gasteiger partial charge in [0.05, 0.1) is 5.54 Å². The van der Waals surface area contributed by atoms with Crippen molar-refractivity contribution in [1.29, 1.82) is 0 Å². The Morgan fingerprint density at radius 1 is 1.50 bits per heavy atom. The third kappa shape index (κ3) is 2.46. The van der Waals surface area contributed by atoms with Crippen LogP contribution in [0.4, 0.5) is 0 Å². The minimum absolute atomic E-state index is 0.174. The minimum atomic E-state index is 0.174. The van der Waals surface area contributed by atoms with E-state index in [9.17, 15) is 0 Å². The Bertz CT molecular complexity index is 310. The molecule has 0 aromatic carbocycles. The summed E-state index contributed by atoms with van der Waals surface area (Å²) in [5.74, 6) is 0.875. The normalized spacial score (nSPS) is 31.2. The SMILES string of the molecule is CCNC1(c2nccs2)CCCC(C)CC1. The summed E-state index contributed by atoms with van der Waals surface area (Å²) in [6.45, 7) is 5.61. The molecule has 1 aromatic heterocycles. The lowest BCUT2D eigenvalue weighted by Crippen LogP contribution is -2.41. The van der Waals surface area contributed by atoms with Gasteiger partial charge in [-0.1, -0.05) is 26.7 Å². The smallest absolute Gasteiger partial charge is 0.113 e. The van der Waals surface area contributed by atoms with Crippen molar-refractivity contribution in [1.82, 2.24) is 10.3 Å². The number of thiazole rings is 1. The number of hydrogen-bond donors (Lipinski definition) is 1. The van der Waals surface area contributed by atoms with Gasteiger partial charge in [-0.15, -0.1) is 11.3 Å². The van der Waals surface area contributed by atoms with Crippen LogP contribution in [0.1, 0.15) is 51.0 Å². The van der Waals surface area contributed by atoms with Crippen molar-refractivity contribution in [3.05, 3.63) is 16.6 Å². The van der Waals surface area contributed by atoms with E-state index in [1.54, 1.807) is 11.3 Å². The molecule has 90 valence electrons. The molecule has 1 N–H and O–H groups in total. The largest absolute Gasteiger partial charge is 0.306 e. The summed E-state index contributed by atoms with van der Waals surface area (Å²) in [7, 11) is 0. The molecule has 1 aliphatic rings. The molecule has 0 amide bonds. The standard InChI is InChI=1S/C13H22N2S/c1-3-15-13(12-14-9-10-16-12)7-4-5-11(2)6-8-13/h9-11,15H,3-8H2,1-2H3. The highest BCUT2D eigenvalue weighted by Gasteiger charge is 2.35. The van der Waals surface area contributed by atoms with Crippen LogP contribution in [0.5, 0.6) is 0 Å². The lowest BCUT2D eigenvalue weighted by atomic mass is 9.90. The van der Waals surface area contributed by atoms with Gasteiger partial charge in [-0.3, -0.25) is 0 Å². The van der Waals surface area contributed by atoms with Crippen molar-refractivity contribution in [2.45, 2.75) is 51.5 Å². The lowest BCUT2D eigenvalue weighted by Gasteiger charge is -2.31. The van der Waals surface area contributed by atoms with Gasteiger partial charge in [0.2, 0.25) is 0 Å². The Kier molecular flexibility index (Phi) is 3.98. The average molecular weight is 238 g/mol. The Labute approximate surface area is 102 Å². The average Bonchev–Trinajstić information content (AvgIpc) is 2.74. The number of nitrogens with one attached hydrogen (secondary N) is 1. The van der Waals surface area contributed by atoms with Crippen LogP contribution in [0.2, 0.25) is 0 Å². The van der Waals surface area contributed by atoms with Crippen LogP contribution < -0.4 is 5.32 Å². The van der Waals surface area contributed by atoms with Crippen molar-refractivity contribution in [2.75, 3.05) is 6.54 Å². The van der Waals surface area contributed by atoms with Crippen molar-refractivity contribution < 1.29 is 0 Å². The quantitative estimate of drug-likeness (QED) is 0.815. The van der Waals surface area contributed by atoms with Crippen molar-refractivity contribution in [3.63, 3.8) is 0 Å². The van der Waals surface area contributed by atoms with Gasteiger partial charge in [0.25, 0.3) is 0 Å². The maximum atomic E-state index is 4.55. The van der Waals surface area contributed by atoms with Gasteiger partial charge in [-0.25, -0.2) is 4.98 Å². The van der Waals surface area contributed by atoms with Gasteiger partial charge < -0.3 is 5.32 Å². The van der Waals surface area contributed by atoms with E-state index >= 15 is 0 Å². The van der Waals surface area contributed by atoms with Gasteiger partial charge in [-0.05, 0) is 31.7 Å². The Hall–Kier alpha value is -0.410. The Morgan fingerprint density at radius 3 is 3.06 bits per heavy atom. The zero-order valence-corrected chi connectivity index (χ0v) is 11.1. The number of rotatable bonds is 3. The molecule has 16 heavy (non-hydrogen) atoms. The number of aromatic nitrogens is 1. The van der Waals surface area contributed by atoms with E-state index in [0.717, 1.165) is 12.5 Å². The van der Waals surface area contributed by atoms with Crippen LogP contribution in [0.15, 0.2) is 11.6 Å². The predicted octanol–water partition coefficient (Wildman–Crippen LogP) is 3.55. The molecule has 2 atom stereocenters. The predicted molar refractivity (Wildman–Crippen MR) is 69.7 cm³/mol. The van der Waals surface area contributed by atoms with Gasteiger partial charge >= 0.3 is 0 Å². The molecular formula is C13H22N2S. The highest BCUT2D eigenvalue weighted by atomic mass is 32.1. The summed E-state index contributed by atoms with van der Waals surface area (Å²) >= 11 is 1.81. The molecule has 2 rings (SSSR count). The van der Waals surface area contributed by atoms with Gasteiger partial charge in [0.1, 0.15) is 5.01 Å². The Balaban J connectivity index is 2.20. The Morgan fingerprint density at radius 2 is 2.38 bits per heavy atom. The molecule has 1 fully saturated rings. The van der Waals surface area contributed by atoms with Crippen molar-refractivity contribution in [2.24, 2.45) is 5.92 Å². The maximum Gasteiger partial charge on any atom is 0.113 e. The molecule has 0 saturated heterocycles. The van der Waals surface area contributed by atoms with Crippen LogP contribution in [0.3, 0.4) is 0 Å². The van der Waals surface area contributed by atoms with Crippen LogP contribution >= 0.6 is 11.3 Å². The third-order valence-corrected chi connectivity index (χ3v) is 4.70. The van der Waals surface area contributed by atoms with E-state index in [1.165, 1.54) is 37.1 Å². The zero-order chi connectivity index (χ0) is 11.4.